The van der Waals surface area contributed by atoms with Crippen LogP contribution < -0.4 is 10.6 Å². The first-order valence-electron chi connectivity index (χ1n) is 4.87. The van der Waals surface area contributed by atoms with Crippen molar-refractivity contribution in [1.29, 1.82) is 0 Å². The number of amides is 1. The van der Waals surface area contributed by atoms with Crippen molar-refractivity contribution in [3.8, 4) is 0 Å². The summed E-state index contributed by atoms with van der Waals surface area (Å²) in [5.74, 6) is -1.09. The lowest BCUT2D eigenvalue weighted by molar-refractivity contribution is -0.120. The molecule has 0 aliphatic rings. The number of rotatable bonds is 5. The molecule has 1 aromatic rings. The molecule has 0 radical (unpaired) electrons. The lowest BCUT2D eigenvalue weighted by Crippen LogP contribution is -2.31. The smallest absolute Gasteiger partial charge is 0.335 e. The molecule has 0 spiro atoms. The van der Waals surface area contributed by atoms with E-state index in [1.54, 1.807) is 25.2 Å². The first kappa shape index (κ1) is 12.2. The van der Waals surface area contributed by atoms with Gasteiger partial charge in [0.05, 0.1) is 12.1 Å². The minimum absolute atomic E-state index is 0.122. The van der Waals surface area contributed by atoms with E-state index in [9.17, 15) is 9.59 Å². The second-order valence-electron chi connectivity index (χ2n) is 3.31. The van der Waals surface area contributed by atoms with Crippen molar-refractivity contribution in [1.82, 2.24) is 10.6 Å². The number of benzene rings is 1. The van der Waals surface area contributed by atoms with Crippen molar-refractivity contribution >= 4 is 11.9 Å². The van der Waals surface area contributed by atoms with Crippen LogP contribution in [0.4, 0.5) is 0 Å². The van der Waals surface area contributed by atoms with E-state index >= 15 is 0 Å². The summed E-state index contributed by atoms with van der Waals surface area (Å²) in [6.45, 7) is 0.584. The van der Waals surface area contributed by atoms with Crippen molar-refractivity contribution in [3.05, 3.63) is 35.4 Å². The average molecular weight is 222 g/mol. The fourth-order valence-electron chi connectivity index (χ4n) is 1.24. The van der Waals surface area contributed by atoms with Gasteiger partial charge in [-0.05, 0) is 24.7 Å². The van der Waals surface area contributed by atoms with Gasteiger partial charge in [-0.25, -0.2) is 4.79 Å². The summed E-state index contributed by atoms with van der Waals surface area (Å²) in [5, 5.41) is 14.2. The predicted molar refractivity (Wildman–Crippen MR) is 59.2 cm³/mol. The van der Waals surface area contributed by atoms with Gasteiger partial charge in [0.2, 0.25) is 5.91 Å². The van der Waals surface area contributed by atoms with Crippen molar-refractivity contribution in [2.75, 3.05) is 13.6 Å². The van der Waals surface area contributed by atoms with E-state index in [2.05, 4.69) is 10.6 Å². The number of carboxylic acids is 1. The zero-order valence-electron chi connectivity index (χ0n) is 8.99. The van der Waals surface area contributed by atoms with Gasteiger partial charge in [-0.1, -0.05) is 12.1 Å². The highest BCUT2D eigenvalue weighted by molar-refractivity contribution is 5.87. The maximum absolute atomic E-state index is 11.1. The third-order valence-corrected chi connectivity index (χ3v) is 2.00. The molecule has 0 fully saturated rings. The Morgan fingerprint density at radius 3 is 2.75 bits per heavy atom. The van der Waals surface area contributed by atoms with Crippen LogP contribution in [0.3, 0.4) is 0 Å². The van der Waals surface area contributed by atoms with Gasteiger partial charge < -0.3 is 15.7 Å². The highest BCUT2D eigenvalue weighted by Crippen LogP contribution is 2.04. The molecule has 0 saturated carbocycles. The molecule has 1 rings (SSSR count). The van der Waals surface area contributed by atoms with Gasteiger partial charge in [0.15, 0.2) is 0 Å². The maximum Gasteiger partial charge on any atom is 0.335 e. The van der Waals surface area contributed by atoms with Crippen LogP contribution in [-0.4, -0.2) is 30.6 Å². The molecule has 0 heterocycles. The largest absolute Gasteiger partial charge is 0.478 e. The number of likely N-dealkylation sites (N-methyl/N-ethyl adjacent to an activating group) is 1. The highest BCUT2D eigenvalue weighted by atomic mass is 16.4. The van der Waals surface area contributed by atoms with E-state index in [-0.39, 0.29) is 18.0 Å². The molecule has 0 bridgehead atoms. The number of hydrogen-bond donors (Lipinski definition) is 3. The van der Waals surface area contributed by atoms with Crippen molar-refractivity contribution < 1.29 is 14.7 Å². The van der Waals surface area contributed by atoms with Gasteiger partial charge in [0, 0.05) is 6.54 Å². The molecule has 0 aliphatic heterocycles. The summed E-state index contributed by atoms with van der Waals surface area (Å²) in [6.07, 6.45) is 0. The first-order chi connectivity index (χ1) is 7.63. The third kappa shape index (κ3) is 3.70. The molecule has 0 atom stereocenters. The summed E-state index contributed by atoms with van der Waals surface area (Å²) in [5.41, 5.74) is 0.990. The monoisotopic (exact) mass is 222 g/mol. The van der Waals surface area contributed by atoms with Crippen LogP contribution in [-0.2, 0) is 11.3 Å². The Kier molecular flexibility index (Phi) is 4.47. The van der Waals surface area contributed by atoms with Gasteiger partial charge in [0.25, 0.3) is 0 Å². The summed E-state index contributed by atoms with van der Waals surface area (Å²) in [4.78, 5) is 21.8. The molecule has 1 aromatic carbocycles. The zero-order chi connectivity index (χ0) is 12.0. The van der Waals surface area contributed by atoms with Crippen LogP contribution in [0.2, 0.25) is 0 Å². The fraction of sp³-hybridized carbons (Fsp3) is 0.273. The Labute approximate surface area is 93.5 Å². The van der Waals surface area contributed by atoms with Crippen LogP contribution in [0.5, 0.6) is 0 Å². The topological polar surface area (TPSA) is 78.4 Å². The van der Waals surface area contributed by atoms with Crippen LogP contribution in [0.1, 0.15) is 15.9 Å². The van der Waals surface area contributed by atoms with Crippen molar-refractivity contribution in [2.45, 2.75) is 6.54 Å². The molecular weight excluding hydrogens is 208 g/mol. The summed E-state index contributed by atoms with van der Waals surface area (Å²) >= 11 is 0. The molecule has 0 aromatic heterocycles. The summed E-state index contributed by atoms with van der Waals surface area (Å²) in [7, 11) is 1.69. The predicted octanol–water partition coefficient (Wildman–Crippen LogP) is 0.220. The minimum Gasteiger partial charge on any atom is -0.478 e. The van der Waals surface area contributed by atoms with Crippen LogP contribution in [0.25, 0.3) is 0 Å². The number of carboxylic acid groups (broad SMARTS) is 1. The molecule has 86 valence electrons. The Bertz CT molecular complexity index is 391. The number of aromatic carboxylic acids is 1. The molecular formula is C11H14N2O3. The van der Waals surface area contributed by atoms with Crippen LogP contribution >= 0.6 is 0 Å². The van der Waals surface area contributed by atoms with Crippen molar-refractivity contribution in [2.24, 2.45) is 0 Å². The Morgan fingerprint density at radius 2 is 2.12 bits per heavy atom. The Morgan fingerprint density at radius 1 is 1.38 bits per heavy atom. The second-order valence-corrected chi connectivity index (χ2v) is 3.31. The van der Waals surface area contributed by atoms with E-state index < -0.39 is 5.97 Å². The number of nitrogens with one attached hydrogen (secondary N) is 2. The minimum atomic E-state index is -0.969. The molecule has 3 N–H and O–H groups in total. The lowest BCUT2D eigenvalue weighted by atomic mass is 10.1. The number of carbonyl (C=O) groups excluding carboxylic acids is 1. The average Bonchev–Trinajstić information content (AvgIpc) is 2.27. The highest BCUT2D eigenvalue weighted by Gasteiger charge is 2.04. The maximum atomic E-state index is 11.1. The van der Waals surface area contributed by atoms with Crippen LogP contribution in [0.15, 0.2) is 24.3 Å². The number of carbonyl (C=O) groups is 2. The zero-order valence-corrected chi connectivity index (χ0v) is 8.99. The standard InChI is InChI=1S/C11H14N2O3/c1-12-7-10(14)13-6-8-3-2-4-9(5-8)11(15)16/h2-5,12H,6-7H2,1H3,(H,13,14)(H,15,16). The molecule has 0 saturated heterocycles. The lowest BCUT2D eigenvalue weighted by Gasteiger charge is -2.05. The van der Waals surface area contributed by atoms with E-state index in [1.807, 2.05) is 0 Å². The van der Waals surface area contributed by atoms with Gasteiger partial charge in [-0.3, -0.25) is 4.79 Å². The molecule has 1 amide bonds. The summed E-state index contributed by atoms with van der Waals surface area (Å²) < 4.78 is 0. The van der Waals surface area contributed by atoms with E-state index in [0.29, 0.717) is 6.54 Å². The molecule has 5 nitrogen and oxygen atoms in total. The normalized spacial score (nSPS) is 9.81. The summed E-state index contributed by atoms with van der Waals surface area (Å²) in [6, 6.07) is 6.48. The van der Waals surface area contributed by atoms with E-state index in [1.165, 1.54) is 6.07 Å². The molecule has 0 aliphatic carbocycles. The van der Waals surface area contributed by atoms with Gasteiger partial charge in [0.1, 0.15) is 0 Å². The third-order valence-electron chi connectivity index (χ3n) is 2.00. The quantitative estimate of drug-likeness (QED) is 0.666. The number of hydrogen-bond acceptors (Lipinski definition) is 3. The Balaban J connectivity index is 2.57. The fourth-order valence-corrected chi connectivity index (χ4v) is 1.24. The SMILES string of the molecule is CNCC(=O)NCc1cccc(C(=O)O)c1. The van der Waals surface area contributed by atoms with Gasteiger partial charge >= 0.3 is 5.97 Å². The van der Waals surface area contributed by atoms with Gasteiger partial charge in [-0.15, -0.1) is 0 Å². The Hall–Kier alpha value is -1.88. The van der Waals surface area contributed by atoms with Gasteiger partial charge in [-0.2, -0.15) is 0 Å². The van der Waals surface area contributed by atoms with E-state index in [0.717, 1.165) is 5.56 Å². The van der Waals surface area contributed by atoms with Crippen LogP contribution in [0, 0.1) is 0 Å². The molecule has 16 heavy (non-hydrogen) atoms. The second kappa shape index (κ2) is 5.87. The first-order valence-corrected chi connectivity index (χ1v) is 4.87. The van der Waals surface area contributed by atoms with E-state index in [4.69, 9.17) is 5.11 Å². The molecule has 0 unspecified atom stereocenters. The van der Waals surface area contributed by atoms with Crippen molar-refractivity contribution in [3.63, 3.8) is 0 Å². The molecule has 5 heteroatoms.